The number of amides is 1. The molecule has 1 saturated heterocycles. The van der Waals surface area contributed by atoms with Gasteiger partial charge in [0.05, 0.1) is 6.54 Å². The zero-order chi connectivity index (χ0) is 13.0. The molecule has 0 aliphatic carbocycles. The number of hydrogen-bond acceptors (Lipinski definition) is 3. The topological polar surface area (TPSA) is 58.4 Å². The first-order valence-electron chi connectivity index (χ1n) is 6.19. The van der Waals surface area contributed by atoms with E-state index in [2.05, 4.69) is 5.32 Å². The summed E-state index contributed by atoms with van der Waals surface area (Å²) in [7, 11) is 0. The van der Waals surface area contributed by atoms with Gasteiger partial charge in [-0.15, -0.1) is 0 Å². The van der Waals surface area contributed by atoms with Gasteiger partial charge in [0, 0.05) is 24.8 Å². The summed E-state index contributed by atoms with van der Waals surface area (Å²) in [6.07, 6.45) is 1.97. The lowest BCUT2D eigenvalue weighted by molar-refractivity contribution is -0.130. The van der Waals surface area contributed by atoms with Crippen LogP contribution in [-0.2, 0) is 4.79 Å². The molecule has 1 fully saturated rings. The summed E-state index contributed by atoms with van der Waals surface area (Å²) in [4.78, 5) is 13.3. The van der Waals surface area contributed by atoms with Crippen molar-refractivity contribution in [3.05, 3.63) is 30.1 Å². The Morgan fingerprint density at radius 3 is 2.83 bits per heavy atom. The lowest BCUT2D eigenvalue weighted by atomic mass is 10.1. The van der Waals surface area contributed by atoms with Gasteiger partial charge < -0.3 is 16.0 Å². The largest absolute Gasteiger partial charge is 0.381 e. The molecule has 98 valence electrons. The van der Waals surface area contributed by atoms with Crippen LogP contribution in [0.1, 0.15) is 12.8 Å². The van der Waals surface area contributed by atoms with Gasteiger partial charge in [0.1, 0.15) is 5.82 Å². The predicted molar refractivity (Wildman–Crippen MR) is 68.7 cm³/mol. The molecule has 0 aromatic heterocycles. The molecule has 0 saturated carbocycles. The van der Waals surface area contributed by atoms with Crippen LogP contribution in [0.5, 0.6) is 0 Å². The monoisotopic (exact) mass is 251 g/mol. The summed E-state index contributed by atoms with van der Waals surface area (Å²) < 4.78 is 12.8. The van der Waals surface area contributed by atoms with Crippen LogP contribution >= 0.6 is 0 Å². The third-order valence-electron chi connectivity index (χ3n) is 3.16. The molecule has 1 amide bonds. The maximum atomic E-state index is 12.8. The molecule has 2 rings (SSSR count). The smallest absolute Gasteiger partial charge is 0.236 e. The van der Waals surface area contributed by atoms with Gasteiger partial charge in [-0.2, -0.15) is 0 Å². The molecule has 1 aliphatic heterocycles. The number of nitrogens with one attached hydrogen (secondary N) is 1. The Bertz CT molecular complexity index is 407. The number of rotatable bonds is 3. The normalized spacial score (nSPS) is 19.7. The van der Waals surface area contributed by atoms with E-state index in [1.807, 2.05) is 0 Å². The number of piperidine rings is 1. The third kappa shape index (κ3) is 3.20. The van der Waals surface area contributed by atoms with Crippen molar-refractivity contribution in [2.45, 2.75) is 18.9 Å². The van der Waals surface area contributed by atoms with Gasteiger partial charge in [-0.25, -0.2) is 4.39 Å². The lowest BCUT2D eigenvalue weighted by Gasteiger charge is -2.33. The molecule has 0 radical (unpaired) electrons. The number of carbonyl (C=O) groups is 1. The fourth-order valence-corrected chi connectivity index (χ4v) is 2.23. The molecule has 5 heteroatoms. The highest BCUT2D eigenvalue weighted by molar-refractivity contribution is 5.78. The fraction of sp³-hybridized carbons (Fsp3) is 0.462. The minimum atomic E-state index is -0.246. The van der Waals surface area contributed by atoms with E-state index >= 15 is 0 Å². The number of likely N-dealkylation sites (tertiary alicyclic amines) is 1. The highest BCUT2D eigenvalue weighted by Crippen LogP contribution is 2.16. The summed E-state index contributed by atoms with van der Waals surface area (Å²) in [5.41, 5.74) is 6.24. The maximum Gasteiger partial charge on any atom is 0.236 e. The van der Waals surface area contributed by atoms with Crippen LogP contribution in [0.2, 0.25) is 0 Å². The molecule has 1 aliphatic rings. The molecule has 1 aromatic carbocycles. The Hall–Kier alpha value is -1.62. The van der Waals surface area contributed by atoms with Gasteiger partial charge in [0.25, 0.3) is 0 Å². The van der Waals surface area contributed by atoms with Crippen molar-refractivity contribution in [1.29, 1.82) is 0 Å². The van der Waals surface area contributed by atoms with E-state index < -0.39 is 0 Å². The van der Waals surface area contributed by atoms with Gasteiger partial charge in [-0.3, -0.25) is 4.79 Å². The summed E-state index contributed by atoms with van der Waals surface area (Å²) in [5.74, 6) is -0.260. The first-order chi connectivity index (χ1) is 8.69. The average molecular weight is 251 g/mol. The number of nitrogens with zero attached hydrogens (tertiary/aromatic N) is 1. The van der Waals surface area contributed by atoms with Crippen LogP contribution in [0.4, 0.5) is 10.1 Å². The van der Waals surface area contributed by atoms with E-state index in [9.17, 15) is 9.18 Å². The molecule has 18 heavy (non-hydrogen) atoms. The van der Waals surface area contributed by atoms with Crippen LogP contribution in [0.25, 0.3) is 0 Å². The van der Waals surface area contributed by atoms with Crippen LogP contribution in [0.15, 0.2) is 24.3 Å². The third-order valence-corrected chi connectivity index (χ3v) is 3.16. The van der Waals surface area contributed by atoms with Crippen molar-refractivity contribution >= 4 is 11.6 Å². The van der Waals surface area contributed by atoms with Gasteiger partial charge >= 0.3 is 0 Å². The molecule has 0 unspecified atom stereocenters. The molecule has 3 N–H and O–H groups in total. The van der Waals surface area contributed by atoms with Gasteiger partial charge in [0.15, 0.2) is 0 Å². The second-order valence-corrected chi connectivity index (χ2v) is 4.53. The molecular formula is C13H18FN3O. The Balaban J connectivity index is 1.93. The fourth-order valence-electron chi connectivity index (χ4n) is 2.23. The molecule has 1 aromatic rings. The SMILES string of the molecule is NCC(=O)N1CCC[C@@H](Nc2ccc(F)cc2)C1. The van der Waals surface area contributed by atoms with E-state index in [0.29, 0.717) is 6.54 Å². The van der Waals surface area contributed by atoms with Crippen molar-refractivity contribution in [2.75, 3.05) is 25.0 Å². The van der Waals surface area contributed by atoms with Crippen LogP contribution in [-0.4, -0.2) is 36.5 Å². The van der Waals surface area contributed by atoms with Gasteiger partial charge in [0.2, 0.25) is 5.91 Å². The Labute approximate surface area is 106 Å². The summed E-state index contributed by atoms with van der Waals surface area (Å²) in [6, 6.07) is 6.47. The van der Waals surface area contributed by atoms with Gasteiger partial charge in [-0.05, 0) is 37.1 Å². The first kappa shape index (κ1) is 12.8. The molecule has 1 heterocycles. The van der Waals surface area contributed by atoms with Crippen LogP contribution in [0.3, 0.4) is 0 Å². The Morgan fingerprint density at radius 1 is 1.44 bits per heavy atom. The summed E-state index contributed by atoms with van der Waals surface area (Å²) in [6.45, 7) is 1.49. The first-order valence-corrected chi connectivity index (χ1v) is 6.19. The molecule has 1 atom stereocenters. The van der Waals surface area contributed by atoms with Crippen molar-refractivity contribution < 1.29 is 9.18 Å². The number of nitrogens with two attached hydrogens (primary N) is 1. The van der Waals surface area contributed by atoms with Gasteiger partial charge in [-0.1, -0.05) is 0 Å². The van der Waals surface area contributed by atoms with Crippen molar-refractivity contribution in [2.24, 2.45) is 5.73 Å². The van der Waals surface area contributed by atoms with Crippen LogP contribution < -0.4 is 11.1 Å². The Kier molecular flexibility index (Phi) is 4.15. The van der Waals surface area contributed by atoms with E-state index in [1.165, 1.54) is 12.1 Å². The van der Waals surface area contributed by atoms with E-state index in [4.69, 9.17) is 5.73 Å². The number of halogens is 1. The zero-order valence-corrected chi connectivity index (χ0v) is 10.2. The molecule has 0 bridgehead atoms. The minimum Gasteiger partial charge on any atom is -0.381 e. The van der Waals surface area contributed by atoms with E-state index in [-0.39, 0.29) is 24.3 Å². The number of anilines is 1. The van der Waals surface area contributed by atoms with E-state index in [1.54, 1.807) is 17.0 Å². The maximum absolute atomic E-state index is 12.8. The number of benzene rings is 1. The summed E-state index contributed by atoms with van der Waals surface area (Å²) in [5, 5.41) is 3.32. The zero-order valence-electron chi connectivity index (χ0n) is 10.2. The molecular weight excluding hydrogens is 233 g/mol. The van der Waals surface area contributed by atoms with Crippen molar-refractivity contribution in [3.8, 4) is 0 Å². The number of hydrogen-bond donors (Lipinski definition) is 2. The second-order valence-electron chi connectivity index (χ2n) is 4.53. The van der Waals surface area contributed by atoms with E-state index in [0.717, 1.165) is 25.1 Å². The van der Waals surface area contributed by atoms with Crippen molar-refractivity contribution in [1.82, 2.24) is 4.90 Å². The minimum absolute atomic E-state index is 0.0133. The number of carbonyl (C=O) groups excluding carboxylic acids is 1. The second kappa shape index (κ2) is 5.82. The molecule has 4 nitrogen and oxygen atoms in total. The summed E-state index contributed by atoms with van der Waals surface area (Å²) >= 11 is 0. The lowest BCUT2D eigenvalue weighted by Crippen LogP contribution is -2.47. The predicted octanol–water partition coefficient (Wildman–Crippen LogP) is 1.19. The molecule has 0 spiro atoms. The standard InChI is InChI=1S/C13H18FN3O/c14-10-3-5-11(6-4-10)16-12-2-1-7-17(9-12)13(18)8-15/h3-6,12,16H,1-2,7-9,15H2/t12-/m1/s1. The quantitative estimate of drug-likeness (QED) is 0.848. The highest BCUT2D eigenvalue weighted by atomic mass is 19.1. The van der Waals surface area contributed by atoms with Crippen LogP contribution in [0, 0.1) is 5.82 Å². The highest BCUT2D eigenvalue weighted by Gasteiger charge is 2.22. The average Bonchev–Trinajstić information content (AvgIpc) is 2.41. The van der Waals surface area contributed by atoms with Crippen molar-refractivity contribution in [3.63, 3.8) is 0 Å². The Morgan fingerprint density at radius 2 is 2.17 bits per heavy atom.